The Labute approximate surface area is 194 Å². The number of hydrogen-bond donors (Lipinski definition) is 2. The van der Waals surface area contributed by atoms with Gasteiger partial charge in [0.25, 0.3) is 0 Å². The van der Waals surface area contributed by atoms with Crippen molar-refractivity contribution in [2.24, 2.45) is 0 Å². The summed E-state index contributed by atoms with van der Waals surface area (Å²) >= 11 is 0. The zero-order valence-corrected chi connectivity index (χ0v) is 19.4. The van der Waals surface area contributed by atoms with Crippen molar-refractivity contribution in [1.29, 1.82) is 0 Å². The summed E-state index contributed by atoms with van der Waals surface area (Å²) in [5, 5.41) is 10.5. The highest BCUT2D eigenvalue weighted by Crippen LogP contribution is 2.45. The highest BCUT2D eigenvalue weighted by Gasteiger charge is 2.42. The van der Waals surface area contributed by atoms with Gasteiger partial charge < -0.3 is 19.6 Å². The first kappa shape index (κ1) is 22.0. The zero-order valence-electron chi connectivity index (χ0n) is 19.4. The minimum absolute atomic E-state index is 0.0777. The van der Waals surface area contributed by atoms with Crippen LogP contribution < -0.4 is 4.74 Å². The fraction of sp³-hybridized carbons (Fsp3) is 0.444. The van der Waals surface area contributed by atoms with E-state index in [1.54, 1.807) is 19.2 Å². The lowest BCUT2D eigenvalue weighted by Gasteiger charge is -2.48. The smallest absolute Gasteiger partial charge is 0.335 e. The van der Waals surface area contributed by atoms with E-state index < -0.39 is 5.97 Å². The van der Waals surface area contributed by atoms with Crippen LogP contribution in [0.25, 0.3) is 10.9 Å². The largest absolute Gasteiger partial charge is 0.496 e. The number of benzene rings is 2. The summed E-state index contributed by atoms with van der Waals surface area (Å²) in [5.74, 6) is 0.0159. The summed E-state index contributed by atoms with van der Waals surface area (Å²) in [6.45, 7) is 4.62. The molecule has 2 fully saturated rings. The van der Waals surface area contributed by atoms with Gasteiger partial charge in [-0.05, 0) is 74.4 Å². The molecule has 1 aromatic heterocycles. The van der Waals surface area contributed by atoms with Gasteiger partial charge in [-0.25, -0.2) is 4.79 Å². The molecule has 2 unspecified atom stereocenters. The highest BCUT2D eigenvalue weighted by atomic mass is 16.5. The number of aromatic amines is 1. The Morgan fingerprint density at radius 1 is 1.24 bits per heavy atom. The number of hydrogen-bond acceptors (Lipinski definition) is 4. The molecule has 6 heteroatoms. The molecule has 5 rings (SSSR count). The number of carboxylic acid groups (broad SMARTS) is 1. The molecule has 0 bridgehead atoms. The first-order chi connectivity index (χ1) is 16.0. The fourth-order valence-electron chi connectivity index (χ4n) is 5.70. The number of piperidine rings is 1. The number of ether oxygens (including phenoxy) is 2. The number of fused-ring (bicyclic) bond motifs is 1. The van der Waals surface area contributed by atoms with Crippen LogP contribution in [-0.4, -0.2) is 46.8 Å². The van der Waals surface area contributed by atoms with Gasteiger partial charge in [0.1, 0.15) is 5.75 Å². The number of aromatic nitrogens is 1. The lowest BCUT2D eigenvalue weighted by molar-refractivity contribution is -0.127. The molecular formula is C27H32N2O4. The second kappa shape index (κ2) is 8.84. The minimum Gasteiger partial charge on any atom is -0.496 e. The van der Waals surface area contributed by atoms with Gasteiger partial charge in [-0.15, -0.1) is 0 Å². The number of nitrogens with one attached hydrogen (secondary N) is 1. The number of aryl methyl sites for hydroxylation is 1. The highest BCUT2D eigenvalue weighted by molar-refractivity contribution is 5.88. The van der Waals surface area contributed by atoms with Crippen LogP contribution >= 0.6 is 0 Å². The monoisotopic (exact) mass is 448 g/mol. The zero-order chi connectivity index (χ0) is 23.0. The molecule has 2 saturated heterocycles. The Hall–Kier alpha value is -2.83. The number of rotatable bonds is 5. The van der Waals surface area contributed by atoms with Gasteiger partial charge in [-0.1, -0.05) is 12.1 Å². The third-order valence-electron chi connectivity index (χ3n) is 7.53. The van der Waals surface area contributed by atoms with Crippen LogP contribution in [0.4, 0.5) is 0 Å². The molecule has 0 amide bonds. The number of methoxy groups -OCH3 is 1. The average Bonchev–Trinajstić information content (AvgIpc) is 3.33. The topological polar surface area (TPSA) is 74.8 Å². The summed E-state index contributed by atoms with van der Waals surface area (Å²) in [6.07, 6.45) is 7.37. The fourth-order valence-corrected chi connectivity index (χ4v) is 5.70. The second-order valence-electron chi connectivity index (χ2n) is 9.50. The van der Waals surface area contributed by atoms with Gasteiger partial charge >= 0.3 is 5.97 Å². The van der Waals surface area contributed by atoms with Crippen LogP contribution in [0.5, 0.6) is 5.75 Å². The van der Waals surface area contributed by atoms with Gasteiger partial charge in [0.2, 0.25) is 0 Å². The van der Waals surface area contributed by atoms with E-state index in [1.807, 2.05) is 18.3 Å². The predicted molar refractivity (Wildman–Crippen MR) is 128 cm³/mol. The van der Waals surface area contributed by atoms with Crippen molar-refractivity contribution in [1.82, 2.24) is 9.88 Å². The number of nitrogens with zero attached hydrogens (tertiary/aromatic N) is 1. The van der Waals surface area contributed by atoms with E-state index in [-0.39, 0.29) is 11.6 Å². The van der Waals surface area contributed by atoms with E-state index in [4.69, 9.17) is 9.47 Å². The number of likely N-dealkylation sites (tertiary alicyclic amines) is 1. The lowest BCUT2D eigenvalue weighted by Crippen LogP contribution is -2.48. The summed E-state index contributed by atoms with van der Waals surface area (Å²) in [7, 11) is 1.74. The van der Waals surface area contributed by atoms with Crippen LogP contribution in [0.1, 0.15) is 65.2 Å². The standard InChI is InChI=1S/C27H32N2O4/c1-18-15-24(32-2)22(21-9-12-28-25(18)21)17-29-13-11-27(10-3-4-14-33-27)16-23(29)19-5-7-20(8-6-19)26(30)31/h5-9,12,15,23,28H,3-4,10-11,13-14,16-17H2,1-2H3,(H,30,31). The van der Waals surface area contributed by atoms with Crippen molar-refractivity contribution in [3.63, 3.8) is 0 Å². The molecule has 2 atom stereocenters. The molecule has 3 aromatic rings. The van der Waals surface area contributed by atoms with Gasteiger partial charge in [0.15, 0.2) is 0 Å². The van der Waals surface area contributed by atoms with Crippen molar-refractivity contribution in [2.45, 2.75) is 57.2 Å². The van der Waals surface area contributed by atoms with E-state index in [1.165, 1.54) is 22.9 Å². The number of carbonyl (C=O) groups is 1. The molecular weight excluding hydrogens is 416 g/mol. The maximum atomic E-state index is 11.4. The normalized spacial score (nSPS) is 23.8. The Bertz CT molecular complexity index is 1140. The van der Waals surface area contributed by atoms with Gasteiger partial charge in [-0.3, -0.25) is 4.90 Å². The summed E-state index contributed by atoms with van der Waals surface area (Å²) in [6, 6.07) is 11.8. The molecule has 174 valence electrons. The van der Waals surface area contributed by atoms with Crippen LogP contribution in [0, 0.1) is 6.92 Å². The van der Waals surface area contributed by atoms with Crippen molar-refractivity contribution in [3.05, 3.63) is 64.8 Å². The van der Waals surface area contributed by atoms with Crippen LogP contribution in [0.3, 0.4) is 0 Å². The van der Waals surface area contributed by atoms with Gasteiger partial charge in [-0.2, -0.15) is 0 Å². The summed E-state index contributed by atoms with van der Waals surface area (Å²) in [4.78, 5) is 17.3. The van der Waals surface area contributed by atoms with E-state index in [9.17, 15) is 9.90 Å². The number of carboxylic acids is 1. The minimum atomic E-state index is -0.895. The Kier molecular flexibility index (Phi) is 5.89. The van der Waals surface area contributed by atoms with E-state index in [2.05, 4.69) is 28.9 Å². The third-order valence-corrected chi connectivity index (χ3v) is 7.53. The molecule has 0 saturated carbocycles. The molecule has 33 heavy (non-hydrogen) atoms. The molecule has 2 aliphatic heterocycles. The van der Waals surface area contributed by atoms with E-state index >= 15 is 0 Å². The maximum absolute atomic E-state index is 11.4. The Morgan fingerprint density at radius 3 is 2.76 bits per heavy atom. The maximum Gasteiger partial charge on any atom is 0.335 e. The third kappa shape index (κ3) is 4.13. The summed E-state index contributed by atoms with van der Waals surface area (Å²) < 4.78 is 12.2. The summed E-state index contributed by atoms with van der Waals surface area (Å²) in [5.41, 5.74) is 4.89. The van der Waals surface area contributed by atoms with Crippen molar-refractivity contribution >= 4 is 16.9 Å². The molecule has 1 spiro atoms. The van der Waals surface area contributed by atoms with E-state index in [0.29, 0.717) is 5.56 Å². The van der Waals surface area contributed by atoms with Crippen molar-refractivity contribution < 1.29 is 19.4 Å². The first-order valence-electron chi connectivity index (χ1n) is 11.8. The predicted octanol–water partition coefficient (Wildman–Crippen LogP) is 5.46. The lowest BCUT2D eigenvalue weighted by atomic mass is 9.78. The second-order valence-corrected chi connectivity index (χ2v) is 9.50. The number of aromatic carboxylic acids is 1. The van der Waals surface area contributed by atoms with E-state index in [0.717, 1.165) is 62.2 Å². The van der Waals surface area contributed by atoms with Gasteiger partial charge in [0, 0.05) is 48.4 Å². The van der Waals surface area contributed by atoms with Crippen LogP contribution in [0.2, 0.25) is 0 Å². The molecule has 6 nitrogen and oxygen atoms in total. The Morgan fingerprint density at radius 2 is 2.06 bits per heavy atom. The van der Waals surface area contributed by atoms with Gasteiger partial charge in [0.05, 0.1) is 18.3 Å². The molecule has 0 aliphatic carbocycles. The average molecular weight is 449 g/mol. The quantitative estimate of drug-likeness (QED) is 0.542. The molecule has 2 aliphatic rings. The van der Waals surface area contributed by atoms with Crippen molar-refractivity contribution in [2.75, 3.05) is 20.3 Å². The van der Waals surface area contributed by atoms with Crippen LogP contribution in [0.15, 0.2) is 42.6 Å². The molecule has 2 N–H and O–H groups in total. The van der Waals surface area contributed by atoms with Crippen LogP contribution in [-0.2, 0) is 11.3 Å². The molecule has 0 radical (unpaired) electrons. The molecule has 3 heterocycles. The first-order valence-corrected chi connectivity index (χ1v) is 11.8. The van der Waals surface area contributed by atoms with Crippen molar-refractivity contribution in [3.8, 4) is 5.75 Å². The SMILES string of the molecule is COc1cc(C)c2[nH]ccc2c1CN1CCC2(CCCCO2)CC1c1ccc(C(=O)O)cc1. The Balaban J connectivity index is 1.51. The molecule has 2 aromatic carbocycles. The number of H-pyrrole nitrogens is 1.